The molecule has 1 aromatic heterocycles. The van der Waals surface area contributed by atoms with Crippen LogP contribution in [0.4, 0.5) is 8.78 Å². The molecule has 33 heavy (non-hydrogen) atoms. The van der Waals surface area contributed by atoms with Crippen molar-refractivity contribution >= 4 is 5.97 Å². The standard InChI is InChI=1S/C26H34F2N2O3/c1-3-5-7-22(27)26(31)33-21-11-8-18(9-12-21)17-32-24-13-10-20(14-23(24)28)25-29-15-19(6-4-2)16-30-25/h10,13-16,18,21-22H,3-9,11-12,17H2,1-2H3/t18?,21?,22-/m0/s1. The maximum absolute atomic E-state index is 14.6. The van der Waals surface area contributed by atoms with E-state index in [4.69, 9.17) is 9.47 Å². The molecule has 1 aliphatic carbocycles. The van der Waals surface area contributed by atoms with Gasteiger partial charge in [-0.1, -0.05) is 33.1 Å². The minimum absolute atomic E-state index is 0.200. The first-order valence-electron chi connectivity index (χ1n) is 12.1. The molecule has 0 saturated heterocycles. The minimum atomic E-state index is -1.53. The maximum atomic E-state index is 14.6. The van der Waals surface area contributed by atoms with Crippen LogP contribution < -0.4 is 4.74 Å². The number of benzene rings is 1. The highest BCUT2D eigenvalue weighted by Crippen LogP contribution is 2.29. The molecule has 1 atom stereocenters. The number of esters is 1. The van der Waals surface area contributed by atoms with Gasteiger partial charge in [0, 0.05) is 18.0 Å². The van der Waals surface area contributed by atoms with Crippen LogP contribution in [0.5, 0.6) is 5.75 Å². The van der Waals surface area contributed by atoms with Gasteiger partial charge in [-0.15, -0.1) is 0 Å². The number of hydrogen-bond acceptors (Lipinski definition) is 5. The van der Waals surface area contributed by atoms with Crippen molar-refractivity contribution in [1.82, 2.24) is 9.97 Å². The SMILES string of the molecule is CCCC[C@H](F)C(=O)OC1CCC(COc2ccc(-c3ncc(CCC)cn3)cc2F)CC1. The average Bonchev–Trinajstić information content (AvgIpc) is 2.83. The Morgan fingerprint density at radius 2 is 1.85 bits per heavy atom. The van der Waals surface area contributed by atoms with Crippen LogP contribution in [0.15, 0.2) is 30.6 Å². The molecule has 0 radical (unpaired) electrons. The van der Waals surface area contributed by atoms with Crippen LogP contribution >= 0.6 is 0 Å². The Morgan fingerprint density at radius 3 is 2.48 bits per heavy atom. The zero-order chi connectivity index (χ0) is 23.6. The fourth-order valence-electron chi connectivity index (χ4n) is 4.04. The van der Waals surface area contributed by atoms with E-state index in [1.165, 1.54) is 6.07 Å². The van der Waals surface area contributed by atoms with Crippen LogP contribution in [0.2, 0.25) is 0 Å². The molecule has 0 bridgehead atoms. The summed E-state index contributed by atoms with van der Waals surface area (Å²) in [6, 6.07) is 4.76. The van der Waals surface area contributed by atoms with Crippen molar-refractivity contribution < 1.29 is 23.0 Å². The van der Waals surface area contributed by atoms with E-state index in [1.807, 2.05) is 6.92 Å². The van der Waals surface area contributed by atoms with E-state index in [0.29, 0.717) is 37.3 Å². The average molecular weight is 461 g/mol. The highest BCUT2D eigenvalue weighted by Gasteiger charge is 2.27. The van der Waals surface area contributed by atoms with E-state index in [1.54, 1.807) is 24.5 Å². The molecular weight excluding hydrogens is 426 g/mol. The summed E-state index contributed by atoms with van der Waals surface area (Å²) in [7, 11) is 0. The van der Waals surface area contributed by atoms with Crippen molar-refractivity contribution in [3.05, 3.63) is 42.0 Å². The number of aromatic nitrogens is 2. The molecule has 0 amide bonds. The van der Waals surface area contributed by atoms with Gasteiger partial charge in [0.05, 0.1) is 6.61 Å². The number of aryl methyl sites for hydroxylation is 1. The zero-order valence-corrected chi connectivity index (χ0v) is 19.6. The normalized spacial score (nSPS) is 19.2. The molecule has 1 fully saturated rings. The van der Waals surface area contributed by atoms with Crippen LogP contribution in [0.3, 0.4) is 0 Å². The molecule has 1 aliphatic rings. The first kappa shape index (κ1) is 25.1. The molecule has 1 heterocycles. The van der Waals surface area contributed by atoms with Crippen molar-refractivity contribution in [3.63, 3.8) is 0 Å². The third-order valence-electron chi connectivity index (χ3n) is 6.05. The number of rotatable bonds is 11. The second kappa shape index (κ2) is 12.6. The number of ether oxygens (including phenoxy) is 2. The molecule has 0 spiro atoms. The van der Waals surface area contributed by atoms with Crippen molar-refractivity contribution in [3.8, 4) is 17.1 Å². The lowest BCUT2D eigenvalue weighted by Gasteiger charge is -2.28. The summed E-state index contributed by atoms with van der Waals surface area (Å²) in [6.45, 7) is 4.45. The molecular formula is C26H34F2N2O3. The Hall–Kier alpha value is -2.57. The van der Waals surface area contributed by atoms with Crippen molar-refractivity contribution in [1.29, 1.82) is 0 Å². The van der Waals surface area contributed by atoms with E-state index in [2.05, 4.69) is 16.9 Å². The van der Waals surface area contributed by atoms with Gasteiger partial charge >= 0.3 is 5.97 Å². The molecule has 0 N–H and O–H groups in total. The lowest BCUT2D eigenvalue weighted by atomic mass is 9.88. The van der Waals surface area contributed by atoms with Crippen molar-refractivity contribution in [2.45, 2.75) is 83.9 Å². The lowest BCUT2D eigenvalue weighted by Crippen LogP contribution is -2.30. The molecule has 0 unspecified atom stereocenters. The molecule has 1 saturated carbocycles. The number of hydrogen-bond donors (Lipinski definition) is 0. The largest absolute Gasteiger partial charge is 0.490 e. The Morgan fingerprint density at radius 1 is 1.12 bits per heavy atom. The van der Waals surface area contributed by atoms with E-state index in [9.17, 15) is 13.6 Å². The fraction of sp³-hybridized carbons (Fsp3) is 0.577. The highest BCUT2D eigenvalue weighted by molar-refractivity contribution is 5.74. The van der Waals surface area contributed by atoms with Gasteiger partial charge < -0.3 is 9.47 Å². The summed E-state index contributed by atoms with van der Waals surface area (Å²) in [5, 5.41) is 0. The van der Waals surface area contributed by atoms with Gasteiger partial charge in [-0.2, -0.15) is 0 Å². The third kappa shape index (κ3) is 7.47. The summed E-state index contributed by atoms with van der Waals surface area (Å²) in [5.74, 6) is -0.258. The summed E-state index contributed by atoms with van der Waals surface area (Å²) in [4.78, 5) is 20.5. The molecule has 2 aromatic rings. The van der Waals surface area contributed by atoms with Gasteiger partial charge in [0.1, 0.15) is 6.10 Å². The van der Waals surface area contributed by atoms with Crippen molar-refractivity contribution in [2.24, 2.45) is 5.92 Å². The molecule has 3 rings (SSSR count). The second-order valence-electron chi connectivity index (χ2n) is 8.81. The number of halogens is 2. The molecule has 0 aliphatic heterocycles. The number of unbranched alkanes of at least 4 members (excludes halogenated alkanes) is 1. The van der Waals surface area contributed by atoms with Gasteiger partial charge in [-0.25, -0.2) is 23.5 Å². The van der Waals surface area contributed by atoms with Crippen LogP contribution in [-0.2, 0) is 16.0 Å². The van der Waals surface area contributed by atoms with Crippen LogP contribution in [0, 0.1) is 11.7 Å². The Bertz CT molecular complexity index is 884. The molecule has 180 valence electrons. The molecule has 7 heteroatoms. The van der Waals surface area contributed by atoms with Crippen molar-refractivity contribution in [2.75, 3.05) is 6.61 Å². The van der Waals surface area contributed by atoms with Gasteiger partial charge in [0.15, 0.2) is 23.6 Å². The van der Waals surface area contributed by atoms with Crippen LogP contribution in [0.25, 0.3) is 11.4 Å². The van der Waals surface area contributed by atoms with Gasteiger partial charge in [-0.05, 0) is 68.2 Å². The molecule has 1 aromatic carbocycles. The van der Waals surface area contributed by atoms with Crippen LogP contribution in [-0.4, -0.2) is 34.8 Å². The van der Waals surface area contributed by atoms with E-state index in [0.717, 1.165) is 37.7 Å². The Labute approximate surface area is 194 Å². The zero-order valence-electron chi connectivity index (χ0n) is 19.6. The first-order valence-corrected chi connectivity index (χ1v) is 12.1. The lowest BCUT2D eigenvalue weighted by molar-refractivity contribution is -0.157. The number of nitrogens with zero attached hydrogens (tertiary/aromatic N) is 2. The number of alkyl halides is 1. The Balaban J connectivity index is 1.45. The van der Waals surface area contributed by atoms with E-state index >= 15 is 0 Å². The van der Waals surface area contributed by atoms with Gasteiger partial charge in [0.2, 0.25) is 0 Å². The predicted molar refractivity (Wildman–Crippen MR) is 123 cm³/mol. The summed E-state index contributed by atoms with van der Waals surface area (Å²) >= 11 is 0. The quantitative estimate of drug-likeness (QED) is 0.371. The Kier molecular flexibility index (Phi) is 9.58. The summed E-state index contributed by atoms with van der Waals surface area (Å²) in [6.07, 6.45) is 8.40. The highest BCUT2D eigenvalue weighted by atomic mass is 19.1. The smallest absolute Gasteiger partial charge is 0.340 e. The third-order valence-corrected chi connectivity index (χ3v) is 6.05. The summed E-state index contributed by atoms with van der Waals surface area (Å²) in [5.41, 5.74) is 1.67. The monoisotopic (exact) mass is 460 g/mol. The maximum Gasteiger partial charge on any atom is 0.340 e. The van der Waals surface area contributed by atoms with Crippen LogP contribution in [0.1, 0.15) is 70.8 Å². The van der Waals surface area contributed by atoms with E-state index < -0.39 is 18.0 Å². The van der Waals surface area contributed by atoms with Gasteiger partial charge in [0.25, 0.3) is 0 Å². The van der Waals surface area contributed by atoms with E-state index in [-0.39, 0.29) is 24.2 Å². The summed E-state index contributed by atoms with van der Waals surface area (Å²) < 4.78 is 39.5. The van der Waals surface area contributed by atoms with Gasteiger partial charge in [-0.3, -0.25) is 0 Å². The second-order valence-corrected chi connectivity index (χ2v) is 8.81. The number of carbonyl (C=O) groups is 1. The minimum Gasteiger partial charge on any atom is -0.490 e. The first-order chi connectivity index (χ1) is 16.0. The fourth-order valence-corrected chi connectivity index (χ4v) is 4.04. The molecule has 5 nitrogen and oxygen atoms in total. The predicted octanol–water partition coefficient (Wildman–Crippen LogP) is 6.24. The topological polar surface area (TPSA) is 61.3 Å². The number of carbonyl (C=O) groups excluding carboxylic acids is 1.